The van der Waals surface area contributed by atoms with Crippen LogP contribution in [0.2, 0.25) is 0 Å². The van der Waals surface area contributed by atoms with E-state index >= 15 is 0 Å². The number of hydrogen-bond donors (Lipinski definition) is 0. The van der Waals surface area contributed by atoms with Crippen molar-refractivity contribution in [3.63, 3.8) is 0 Å². The lowest BCUT2D eigenvalue weighted by atomic mass is 10.4. The normalized spacial score (nSPS) is 28.4. The predicted molar refractivity (Wildman–Crippen MR) is 67.6 cm³/mol. The van der Waals surface area contributed by atoms with E-state index in [1.54, 1.807) is 40.3 Å². The van der Waals surface area contributed by atoms with Crippen LogP contribution in [0.15, 0.2) is 25.2 Å². The fraction of sp³-hybridized carbons (Fsp3) is 0.600. The molecular weight excluding hydrogens is 268 g/mol. The van der Waals surface area contributed by atoms with Gasteiger partial charge in [0.25, 0.3) is 0 Å². The molecule has 4 rings (SSSR count). The van der Waals surface area contributed by atoms with Crippen molar-refractivity contribution in [3.05, 3.63) is 25.2 Å². The molecule has 4 heterocycles. The molecule has 2 aromatic heterocycles. The van der Waals surface area contributed by atoms with Crippen molar-refractivity contribution in [2.75, 3.05) is 0 Å². The van der Waals surface area contributed by atoms with Crippen molar-refractivity contribution < 1.29 is 14.8 Å². The van der Waals surface area contributed by atoms with Crippen LogP contribution in [0.3, 0.4) is 0 Å². The summed E-state index contributed by atoms with van der Waals surface area (Å²) in [6.45, 7) is 2.79. The van der Waals surface area contributed by atoms with Gasteiger partial charge in [0, 0.05) is 0 Å². The van der Waals surface area contributed by atoms with Gasteiger partial charge < -0.3 is 0 Å². The second kappa shape index (κ2) is 4.27. The lowest BCUT2D eigenvalue weighted by Crippen LogP contribution is -2.36. The summed E-state index contributed by atoms with van der Waals surface area (Å²) in [5.74, 6) is 0. The van der Waals surface area contributed by atoms with Crippen molar-refractivity contribution in [1.82, 2.24) is 19.3 Å². The van der Waals surface area contributed by atoms with E-state index in [0.29, 0.717) is 36.7 Å². The minimum atomic E-state index is 0.147. The van der Waals surface area contributed by atoms with Gasteiger partial charge in [-0.15, -0.1) is 0 Å². The highest BCUT2D eigenvalue weighted by Gasteiger charge is 2.30. The summed E-state index contributed by atoms with van der Waals surface area (Å²) in [7, 11) is 3.51. The summed E-state index contributed by atoms with van der Waals surface area (Å²) < 4.78 is 37.8. The van der Waals surface area contributed by atoms with Crippen LogP contribution in [-0.4, -0.2) is 29.8 Å². The predicted octanol–water partition coefficient (Wildman–Crippen LogP) is -0.499. The molecule has 0 bridgehead atoms. The molecule has 2 aromatic rings. The molecule has 0 unspecified atom stereocenters. The maximum Gasteiger partial charge on any atom is 0.306 e. The van der Waals surface area contributed by atoms with Gasteiger partial charge in [-0.05, 0) is 9.97 Å². The second-order valence-electron chi connectivity index (χ2n) is 4.39. The van der Waals surface area contributed by atoms with Gasteiger partial charge in [0.1, 0.15) is 15.8 Å². The zero-order chi connectivity index (χ0) is 15.4. The molecule has 18 heavy (non-hydrogen) atoms. The van der Waals surface area contributed by atoms with E-state index in [4.69, 9.17) is 5.48 Å². The standard InChI is InChI=1S/C10H14N6S2/c1-9(2-14-6-11-5-13(1)14)17-18-10-3-15-7-12-8-16(15)4-10/h5-10H,1-4H2/q+2/i5D,6D,7D,8D. The van der Waals surface area contributed by atoms with Gasteiger partial charge in [-0.3, -0.25) is 0 Å². The first-order valence-electron chi connectivity index (χ1n) is 7.72. The Morgan fingerprint density at radius 2 is 1.50 bits per heavy atom. The molecule has 0 atom stereocenters. The fourth-order valence-corrected chi connectivity index (χ4v) is 5.01. The first kappa shape index (κ1) is 7.54. The first-order valence-corrected chi connectivity index (χ1v) is 8.00. The monoisotopic (exact) mass is 286 g/mol. The van der Waals surface area contributed by atoms with Gasteiger partial charge in [0.15, 0.2) is 2.74 Å². The summed E-state index contributed by atoms with van der Waals surface area (Å²) in [4.78, 5) is 7.66. The number of rotatable bonds is 3. The van der Waals surface area contributed by atoms with Gasteiger partial charge in [-0.1, -0.05) is 21.6 Å². The molecule has 0 fully saturated rings. The number of nitrogens with zero attached hydrogens (tertiary/aromatic N) is 6. The van der Waals surface area contributed by atoms with Crippen molar-refractivity contribution in [2.45, 2.75) is 36.7 Å². The van der Waals surface area contributed by atoms with Gasteiger partial charge >= 0.3 is 12.6 Å². The van der Waals surface area contributed by atoms with Gasteiger partial charge in [-0.25, -0.2) is 0 Å². The van der Waals surface area contributed by atoms with Gasteiger partial charge in [-0.2, -0.15) is 18.7 Å². The molecule has 2 aliphatic heterocycles. The average Bonchev–Trinajstić information content (AvgIpc) is 3.17. The third-order valence-electron chi connectivity index (χ3n) is 3.08. The van der Waals surface area contributed by atoms with E-state index in [9.17, 15) is 0 Å². The maximum absolute atomic E-state index is 7.72. The van der Waals surface area contributed by atoms with E-state index in [0.717, 1.165) is 0 Å². The largest absolute Gasteiger partial charge is 0.306 e. The summed E-state index contributed by atoms with van der Waals surface area (Å²) in [6, 6.07) is 0. The zero-order valence-electron chi connectivity index (χ0n) is 13.5. The Balaban J connectivity index is 1.36. The molecule has 0 aromatic carbocycles. The van der Waals surface area contributed by atoms with E-state index in [1.165, 1.54) is 0 Å². The Bertz CT molecular complexity index is 631. The van der Waals surface area contributed by atoms with Crippen LogP contribution >= 0.6 is 21.6 Å². The van der Waals surface area contributed by atoms with Crippen molar-refractivity contribution in [1.29, 1.82) is 0 Å². The smallest absolute Gasteiger partial charge is 0.180 e. The van der Waals surface area contributed by atoms with Crippen LogP contribution in [0.1, 0.15) is 5.48 Å². The molecule has 8 heteroatoms. The zero-order valence-corrected chi connectivity index (χ0v) is 11.1. The average molecular weight is 286 g/mol. The summed E-state index contributed by atoms with van der Waals surface area (Å²) >= 11 is 0. The Morgan fingerprint density at radius 3 is 1.94 bits per heavy atom. The molecule has 0 saturated heterocycles. The summed E-state index contributed by atoms with van der Waals surface area (Å²) in [5, 5.41) is 0.630. The van der Waals surface area contributed by atoms with Crippen molar-refractivity contribution >= 4 is 21.6 Å². The lowest BCUT2D eigenvalue weighted by molar-refractivity contribution is -0.758. The van der Waals surface area contributed by atoms with E-state index in [-0.39, 0.29) is 25.2 Å². The Kier molecular flexibility index (Phi) is 1.79. The van der Waals surface area contributed by atoms with Crippen molar-refractivity contribution in [3.8, 4) is 0 Å². The van der Waals surface area contributed by atoms with E-state index in [2.05, 4.69) is 9.97 Å². The SMILES string of the molecule is [2H]c1nc([2H])[n+]2n1CC(SSC1Cn3c([2H])nc([2H])[n+]3C1)C2. The second-order valence-corrected chi connectivity index (χ2v) is 7.26. The minimum absolute atomic E-state index is 0.147. The molecule has 2 aliphatic rings. The van der Waals surface area contributed by atoms with Crippen LogP contribution in [-0.2, 0) is 26.2 Å². The topological polar surface area (TPSA) is 43.4 Å². The van der Waals surface area contributed by atoms with Gasteiger partial charge in [0.2, 0.25) is 12.6 Å². The molecule has 0 aliphatic carbocycles. The number of hydrogen-bond acceptors (Lipinski definition) is 4. The summed E-state index contributed by atoms with van der Waals surface area (Å²) in [6.07, 6.45) is 0.590. The molecule has 94 valence electrons. The Hall–Kier alpha value is -1.02. The molecular formula is C10H14N6S2+2. The minimum Gasteiger partial charge on any atom is -0.180 e. The van der Waals surface area contributed by atoms with Gasteiger partial charge in [0.05, 0.1) is 23.6 Å². The highest BCUT2D eigenvalue weighted by molar-refractivity contribution is 8.77. The van der Waals surface area contributed by atoms with E-state index in [1.807, 2.05) is 0 Å². The van der Waals surface area contributed by atoms with E-state index < -0.39 is 0 Å². The molecule has 0 amide bonds. The quantitative estimate of drug-likeness (QED) is 0.564. The highest BCUT2D eigenvalue weighted by atomic mass is 33.1. The molecule has 6 nitrogen and oxygen atoms in total. The molecule has 0 spiro atoms. The lowest BCUT2D eigenvalue weighted by Gasteiger charge is -2.07. The fourth-order valence-electron chi connectivity index (χ4n) is 2.21. The Labute approximate surface area is 118 Å². The third kappa shape index (κ3) is 1.83. The third-order valence-corrected chi connectivity index (χ3v) is 6.30. The molecule has 0 N–H and O–H groups in total. The summed E-state index contributed by atoms with van der Waals surface area (Å²) in [5.41, 5.74) is 0. The van der Waals surface area contributed by atoms with Crippen LogP contribution in [0.25, 0.3) is 0 Å². The van der Waals surface area contributed by atoms with Crippen molar-refractivity contribution in [2.24, 2.45) is 0 Å². The Morgan fingerprint density at radius 1 is 1.00 bits per heavy atom. The van der Waals surface area contributed by atoms with Crippen LogP contribution in [0, 0.1) is 0 Å². The maximum atomic E-state index is 7.72. The van der Waals surface area contributed by atoms with Crippen LogP contribution in [0.4, 0.5) is 0 Å². The highest BCUT2D eigenvalue weighted by Crippen LogP contribution is 2.34. The van der Waals surface area contributed by atoms with Crippen LogP contribution < -0.4 is 9.36 Å². The molecule has 0 radical (unpaired) electrons. The van der Waals surface area contributed by atoms with Crippen LogP contribution in [0.5, 0.6) is 0 Å². The first-order chi connectivity index (χ1) is 10.5. The molecule has 0 saturated carbocycles. The number of fused-ring (bicyclic) bond motifs is 2. The number of aromatic nitrogens is 6.